The van der Waals surface area contributed by atoms with Crippen LogP contribution in [0.3, 0.4) is 0 Å². The third-order valence-corrected chi connectivity index (χ3v) is 3.67. The summed E-state index contributed by atoms with van der Waals surface area (Å²) in [6.45, 7) is 0.0425. The molecule has 1 fully saturated rings. The number of aliphatic carboxylic acids is 1. The summed E-state index contributed by atoms with van der Waals surface area (Å²) >= 11 is 0. The summed E-state index contributed by atoms with van der Waals surface area (Å²) in [7, 11) is 0. The van der Waals surface area contributed by atoms with Gasteiger partial charge in [0.25, 0.3) is 5.91 Å². The van der Waals surface area contributed by atoms with Crippen molar-refractivity contribution in [2.45, 2.75) is 18.6 Å². The van der Waals surface area contributed by atoms with Crippen molar-refractivity contribution in [3.8, 4) is 0 Å². The SMILES string of the molecule is O=C(O)C1CC(O)CN1C(=O)c1ccc2ncccc2c1. The van der Waals surface area contributed by atoms with Crippen molar-refractivity contribution in [3.63, 3.8) is 0 Å². The minimum atomic E-state index is -1.10. The number of aliphatic hydroxyl groups excluding tert-OH is 1. The zero-order valence-corrected chi connectivity index (χ0v) is 11.1. The van der Waals surface area contributed by atoms with Gasteiger partial charge in [-0.1, -0.05) is 6.07 Å². The van der Waals surface area contributed by atoms with E-state index < -0.39 is 18.1 Å². The number of fused-ring (bicyclic) bond motifs is 1. The van der Waals surface area contributed by atoms with Gasteiger partial charge in [0.05, 0.1) is 11.6 Å². The van der Waals surface area contributed by atoms with Gasteiger partial charge in [0, 0.05) is 30.1 Å². The van der Waals surface area contributed by atoms with Crippen LogP contribution in [0.4, 0.5) is 0 Å². The minimum Gasteiger partial charge on any atom is -0.480 e. The van der Waals surface area contributed by atoms with Gasteiger partial charge in [-0.3, -0.25) is 9.78 Å². The Kier molecular flexibility index (Phi) is 3.31. The molecule has 6 nitrogen and oxygen atoms in total. The van der Waals surface area contributed by atoms with Crippen molar-refractivity contribution >= 4 is 22.8 Å². The van der Waals surface area contributed by atoms with Crippen LogP contribution in [0.5, 0.6) is 0 Å². The molecule has 0 aliphatic carbocycles. The molecule has 2 N–H and O–H groups in total. The summed E-state index contributed by atoms with van der Waals surface area (Å²) in [5.41, 5.74) is 1.17. The lowest BCUT2D eigenvalue weighted by molar-refractivity contribution is -0.141. The van der Waals surface area contributed by atoms with Crippen molar-refractivity contribution in [2.75, 3.05) is 6.54 Å². The number of likely N-dealkylation sites (tertiary alicyclic amines) is 1. The van der Waals surface area contributed by atoms with Crippen LogP contribution in [0.1, 0.15) is 16.8 Å². The molecule has 0 saturated carbocycles. The van der Waals surface area contributed by atoms with Crippen LogP contribution >= 0.6 is 0 Å². The summed E-state index contributed by atoms with van der Waals surface area (Å²) < 4.78 is 0. The van der Waals surface area contributed by atoms with Crippen LogP contribution < -0.4 is 0 Å². The van der Waals surface area contributed by atoms with E-state index in [9.17, 15) is 14.7 Å². The molecule has 2 aromatic rings. The molecule has 1 aliphatic rings. The van der Waals surface area contributed by atoms with Crippen LogP contribution in [-0.2, 0) is 4.79 Å². The van der Waals surface area contributed by atoms with Crippen LogP contribution in [0.2, 0.25) is 0 Å². The van der Waals surface area contributed by atoms with E-state index in [4.69, 9.17) is 5.11 Å². The Balaban J connectivity index is 1.94. The van der Waals surface area contributed by atoms with Gasteiger partial charge in [-0.05, 0) is 24.3 Å². The Morgan fingerprint density at radius 3 is 2.86 bits per heavy atom. The molecule has 1 aliphatic heterocycles. The lowest BCUT2D eigenvalue weighted by Crippen LogP contribution is -2.40. The quantitative estimate of drug-likeness (QED) is 0.855. The summed E-state index contributed by atoms with van der Waals surface area (Å²) in [5, 5.41) is 19.6. The maximum atomic E-state index is 12.5. The Morgan fingerprint density at radius 1 is 1.29 bits per heavy atom. The molecule has 6 heteroatoms. The van der Waals surface area contributed by atoms with Crippen LogP contribution in [-0.4, -0.2) is 50.7 Å². The largest absolute Gasteiger partial charge is 0.480 e. The molecular formula is C15H14N2O4. The number of aliphatic hydroxyl groups is 1. The standard InChI is InChI=1S/C15H14N2O4/c18-11-7-13(15(20)21)17(8-11)14(19)10-3-4-12-9(6-10)2-1-5-16-12/h1-6,11,13,18H,7-8H2,(H,20,21). The summed E-state index contributed by atoms with van der Waals surface area (Å²) in [4.78, 5) is 29.1. The normalized spacial score (nSPS) is 21.7. The van der Waals surface area contributed by atoms with Crippen molar-refractivity contribution in [3.05, 3.63) is 42.1 Å². The highest BCUT2D eigenvalue weighted by Crippen LogP contribution is 2.22. The highest BCUT2D eigenvalue weighted by molar-refractivity contribution is 5.99. The predicted octanol–water partition coefficient (Wildman–Crippen LogP) is 0.895. The number of carbonyl (C=O) groups is 2. The Morgan fingerprint density at radius 2 is 2.10 bits per heavy atom. The first-order chi connectivity index (χ1) is 10.1. The third-order valence-electron chi connectivity index (χ3n) is 3.67. The summed E-state index contributed by atoms with van der Waals surface area (Å²) in [6, 6.07) is 7.68. The molecule has 1 saturated heterocycles. The first-order valence-electron chi connectivity index (χ1n) is 6.63. The van der Waals surface area contributed by atoms with E-state index >= 15 is 0 Å². The molecule has 3 rings (SSSR count). The topological polar surface area (TPSA) is 90.7 Å². The average molecular weight is 286 g/mol. The Hall–Kier alpha value is -2.47. The molecule has 21 heavy (non-hydrogen) atoms. The summed E-state index contributed by atoms with van der Waals surface area (Å²) in [5.74, 6) is -1.48. The van der Waals surface area contributed by atoms with Crippen molar-refractivity contribution in [1.82, 2.24) is 9.88 Å². The smallest absolute Gasteiger partial charge is 0.326 e. The number of carboxylic acid groups (broad SMARTS) is 1. The van der Waals surface area contributed by atoms with E-state index in [0.29, 0.717) is 5.56 Å². The maximum absolute atomic E-state index is 12.5. The minimum absolute atomic E-state index is 0.0425. The Bertz CT molecular complexity index is 716. The molecule has 2 atom stereocenters. The van der Waals surface area contributed by atoms with Crippen molar-refractivity contribution < 1.29 is 19.8 Å². The lowest BCUT2D eigenvalue weighted by atomic mass is 10.1. The molecule has 1 amide bonds. The molecule has 0 bridgehead atoms. The molecule has 0 radical (unpaired) electrons. The van der Waals surface area contributed by atoms with Gasteiger partial charge < -0.3 is 15.1 Å². The van der Waals surface area contributed by atoms with E-state index in [-0.39, 0.29) is 18.9 Å². The van der Waals surface area contributed by atoms with Gasteiger partial charge in [-0.2, -0.15) is 0 Å². The number of hydrogen-bond acceptors (Lipinski definition) is 4. The fraction of sp³-hybridized carbons (Fsp3) is 0.267. The number of nitrogens with zero attached hydrogens (tertiary/aromatic N) is 2. The van der Waals surface area contributed by atoms with Gasteiger partial charge in [-0.25, -0.2) is 4.79 Å². The summed E-state index contributed by atoms with van der Waals surface area (Å²) in [6.07, 6.45) is 0.939. The second-order valence-electron chi connectivity index (χ2n) is 5.11. The Labute approximate surface area is 120 Å². The zero-order chi connectivity index (χ0) is 15.0. The van der Waals surface area contributed by atoms with Crippen molar-refractivity contribution in [2.24, 2.45) is 0 Å². The fourth-order valence-electron chi connectivity index (χ4n) is 2.65. The molecule has 108 valence electrons. The number of β-amino-alcohol motifs (C(OH)–C–C–N with tert-alkyl or cyclic N) is 1. The number of hydrogen-bond donors (Lipinski definition) is 2. The van der Waals surface area contributed by atoms with Crippen LogP contribution in [0.15, 0.2) is 36.5 Å². The van der Waals surface area contributed by atoms with E-state index in [1.165, 1.54) is 4.90 Å². The predicted molar refractivity (Wildman–Crippen MR) is 74.8 cm³/mol. The monoisotopic (exact) mass is 286 g/mol. The number of benzene rings is 1. The molecule has 2 unspecified atom stereocenters. The van der Waals surface area contributed by atoms with Crippen LogP contribution in [0.25, 0.3) is 10.9 Å². The third kappa shape index (κ3) is 2.45. The number of carbonyl (C=O) groups excluding carboxylic acids is 1. The number of rotatable bonds is 2. The second kappa shape index (κ2) is 5.14. The van der Waals surface area contributed by atoms with E-state index in [0.717, 1.165) is 10.9 Å². The van der Waals surface area contributed by atoms with Gasteiger partial charge >= 0.3 is 5.97 Å². The van der Waals surface area contributed by atoms with Gasteiger partial charge in [0.1, 0.15) is 6.04 Å². The zero-order valence-electron chi connectivity index (χ0n) is 11.1. The lowest BCUT2D eigenvalue weighted by Gasteiger charge is -2.21. The molecule has 2 heterocycles. The molecule has 1 aromatic carbocycles. The average Bonchev–Trinajstić information content (AvgIpc) is 2.88. The number of carboxylic acids is 1. The van der Waals surface area contributed by atoms with Crippen molar-refractivity contribution in [1.29, 1.82) is 0 Å². The number of aromatic nitrogens is 1. The number of pyridine rings is 1. The van der Waals surface area contributed by atoms with Crippen LogP contribution in [0, 0.1) is 0 Å². The van der Waals surface area contributed by atoms with Gasteiger partial charge in [-0.15, -0.1) is 0 Å². The molecular weight excluding hydrogens is 272 g/mol. The van der Waals surface area contributed by atoms with Gasteiger partial charge in [0.2, 0.25) is 0 Å². The highest BCUT2D eigenvalue weighted by atomic mass is 16.4. The van der Waals surface area contributed by atoms with E-state index in [1.807, 2.05) is 6.07 Å². The first-order valence-corrected chi connectivity index (χ1v) is 6.63. The van der Waals surface area contributed by atoms with E-state index in [2.05, 4.69) is 4.98 Å². The molecule has 0 spiro atoms. The van der Waals surface area contributed by atoms with E-state index in [1.54, 1.807) is 30.5 Å². The second-order valence-corrected chi connectivity index (χ2v) is 5.11. The van der Waals surface area contributed by atoms with Gasteiger partial charge in [0.15, 0.2) is 0 Å². The first kappa shape index (κ1) is 13.5. The number of amides is 1. The molecule has 1 aromatic heterocycles. The maximum Gasteiger partial charge on any atom is 0.326 e. The highest BCUT2D eigenvalue weighted by Gasteiger charge is 2.39. The fourth-order valence-corrected chi connectivity index (χ4v) is 2.65.